The van der Waals surface area contributed by atoms with Crippen LogP contribution in [0.15, 0.2) is 12.4 Å². The van der Waals surface area contributed by atoms with Gasteiger partial charge < -0.3 is 5.32 Å². The largest absolute Gasteiger partial charge is 0.317 e. The molecule has 0 atom stereocenters. The summed E-state index contributed by atoms with van der Waals surface area (Å²) in [5.74, 6) is 2.50. The average molecular weight is 228 g/mol. The van der Waals surface area contributed by atoms with E-state index in [4.69, 9.17) is 0 Å². The van der Waals surface area contributed by atoms with Crippen LogP contribution in [0.4, 0.5) is 0 Å². The summed E-state index contributed by atoms with van der Waals surface area (Å²) in [4.78, 5) is 0. The highest BCUT2D eigenvalue weighted by Gasteiger charge is 1.92. The first-order chi connectivity index (χ1) is 7.43. The molecule has 0 spiro atoms. The van der Waals surface area contributed by atoms with Crippen LogP contribution in [0.5, 0.6) is 0 Å². The van der Waals surface area contributed by atoms with E-state index in [1.165, 1.54) is 17.9 Å². The highest BCUT2D eigenvalue weighted by Crippen LogP contribution is 1.99. The van der Waals surface area contributed by atoms with Crippen LogP contribution in [-0.4, -0.2) is 39.6 Å². The van der Waals surface area contributed by atoms with Crippen LogP contribution in [0, 0.1) is 0 Å². The van der Waals surface area contributed by atoms with Crippen LogP contribution >= 0.6 is 11.8 Å². The normalized spacial score (nSPS) is 10.7. The van der Waals surface area contributed by atoms with Crippen molar-refractivity contribution in [1.29, 1.82) is 0 Å². The zero-order chi connectivity index (χ0) is 10.8. The maximum atomic E-state index is 3.91. The molecule has 4 nitrogen and oxygen atoms in total. The molecule has 0 aromatic carbocycles. The standard InChI is InChI=1S/C10H20N4S/c1-2-15-10-4-6-11-5-3-8-14-9-7-12-13-14/h7,9,11H,2-6,8,10H2,1H3. The number of hydrogen-bond donors (Lipinski definition) is 1. The predicted molar refractivity (Wildman–Crippen MR) is 65.1 cm³/mol. The number of hydrogen-bond acceptors (Lipinski definition) is 4. The Labute approximate surface area is 95.8 Å². The summed E-state index contributed by atoms with van der Waals surface area (Å²) in [5, 5.41) is 11.1. The Balaban J connectivity index is 1.81. The van der Waals surface area contributed by atoms with Gasteiger partial charge in [-0.3, -0.25) is 4.68 Å². The fraction of sp³-hybridized carbons (Fsp3) is 0.800. The molecule has 1 aromatic rings. The van der Waals surface area contributed by atoms with Gasteiger partial charge in [-0.2, -0.15) is 11.8 Å². The van der Waals surface area contributed by atoms with Gasteiger partial charge in [0.15, 0.2) is 0 Å². The Morgan fingerprint density at radius 1 is 1.33 bits per heavy atom. The minimum absolute atomic E-state index is 0.955. The lowest BCUT2D eigenvalue weighted by Gasteiger charge is -2.04. The van der Waals surface area contributed by atoms with E-state index >= 15 is 0 Å². The van der Waals surface area contributed by atoms with Gasteiger partial charge in [-0.25, -0.2) is 0 Å². The third-order valence-electron chi connectivity index (χ3n) is 2.06. The van der Waals surface area contributed by atoms with Crippen molar-refractivity contribution in [3.8, 4) is 0 Å². The van der Waals surface area contributed by atoms with E-state index in [-0.39, 0.29) is 0 Å². The molecule has 5 heteroatoms. The molecule has 0 unspecified atom stereocenters. The minimum Gasteiger partial charge on any atom is -0.317 e. The minimum atomic E-state index is 0.955. The molecular weight excluding hydrogens is 208 g/mol. The predicted octanol–water partition coefficient (Wildman–Crippen LogP) is 1.40. The van der Waals surface area contributed by atoms with E-state index in [0.29, 0.717) is 0 Å². The van der Waals surface area contributed by atoms with E-state index in [9.17, 15) is 0 Å². The van der Waals surface area contributed by atoms with Gasteiger partial charge in [-0.05, 0) is 37.4 Å². The highest BCUT2D eigenvalue weighted by atomic mass is 32.2. The van der Waals surface area contributed by atoms with Crippen LogP contribution in [0.2, 0.25) is 0 Å². The van der Waals surface area contributed by atoms with Crippen molar-refractivity contribution in [3.05, 3.63) is 12.4 Å². The third-order valence-corrected chi connectivity index (χ3v) is 3.04. The van der Waals surface area contributed by atoms with Crippen LogP contribution in [0.3, 0.4) is 0 Å². The van der Waals surface area contributed by atoms with Gasteiger partial charge in [0.25, 0.3) is 0 Å². The van der Waals surface area contributed by atoms with Crippen LogP contribution in [-0.2, 0) is 6.54 Å². The summed E-state index contributed by atoms with van der Waals surface area (Å²) < 4.78 is 1.87. The summed E-state index contributed by atoms with van der Waals surface area (Å²) in [7, 11) is 0. The third kappa shape index (κ3) is 6.52. The zero-order valence-corrected chi connectivity index (χ0v) is 10.2. The maximum absolute atomic E-state index is 3.91. The number of thioether (sulfide) groups is 1. The van der Waals surface area contributed by atoms with E-state index in [1.54, 1.807) is 6.20 Å². The van der Waals surface area contributed by atoms with Gasteiger partial charge in [0.2, 0.25) is 0 Å². The molecule has 0 amide bonds. The Bertz CT molecular complexity index is 225. The zero-order valence-electron chi connectivity index (χ0n) is 9.35. The van der Waals surface area contributed by atoms with Crippen LogP contribution in [0.1, 0.15) is 19.8 Å². The first kappa shape index (κ1) is 12.5. The second-order valence-electron chi connectivity index (χ2n) is 3.32. The molecule has 0 aliphatic heterocycles. The lowest BCUT2D eigenvalue weighted by molar-refractivity contribution is 0.530. The van der Waals surface area contributed by atoms with E-state index < -0.39 is 0 Å². The Morgan fingerprint density at radius 2 is 2.20 bits per heavy atom. The maximum Gasteiger partial charge on any atom is 0.0692 e. The Morgan fingerprint density at radius 3 is 2.93 bits per heavy atom. The van der Waals surface area contributed by atoms with Gasteiger partial charge >= 0.3 is 0 Å². The van der Waals surface area contributed by atoms with Crippen LogP contribution < -0.4 is 5.32 Å². The summed E-state index contributed by atoms with van der Waals surface area (Å²) >= 11 is 2.01. The number of aromatic nitrogens is 3. The van der Waals surface area contributed by atoms with Crippen molar-refractivity contribution in [1.82, 2.24) is 20.3 Å². The molecule has 15 heavy (non-hydrogen) atoms. The lowest BCUT2D eigenvalue weighted by atomic mass is 10.4. The molecule has 0 saturated heterocycles. The number of nitrogens with one attached hydrogen (secondary N) is 1. The van der Waals surface area contributed by atoms with Gasteiger partial charge in [-0.1, -0.05) is 12.1 Å². The van der Waals surface area contributed by atoms with Crippen LogP contribution in [0.25, 0.3) is 0 Å². The molecule has 0 aliphatic carbocycles. The van der Waals surface area contributed by atoms with Crippen molar-refractivity contribution in [3.63, 3.8) is 0 Å². The molecule has 1 N–H and O–H groups in total. The monoisotopic (exact) mass is 228 g/mol. The second kappa shape index (κ2) is 8.73. The number of rotatable bonds is 9. The molecule has 0 fully saturated rings. The Hall–Kier alpha value is -0.550. The smallest absolute Gasteiger partial charge is 0.0692 e. The highest BCUT2D eigenvalue weighted by molar-refractivity contribution is 7.99. The van der Waals surface area contributed by atoms with E-state index in [2.05, 4.69) is 22.6 Å². The average Bonchev–Trinajstić information content (AvgIpc) is 2.75. The molecular formula is C10H20N4S. The SMILES string of the molecule is CCSCCCNCCCn1ccnn1. The molecule has 1 aromatic heterocycles. The van der Waals surface area contributed by atoms with Crippen molar-refractivity contribution in [2.45, 2.75) is 26.3 Å². The van der Waals surface area contributed by atoms with Gasteiger partial charge in [0.05, 0.1) is 6.20 Å². The van der Waals surface area contributed by atoms with Gasteiger partial charge in [0, 0.05) is 12.7 Å². The fourth-order valence-electron chi connectivity index (χ4n) is 1.29. The molecule has 1 rings (SSSR count). The first-order valence-corrected chi connectivity index (χ1v) is 6.71. The number of nitrogens with zero attached hydrogens (tertiary/aromatic N) is 3. The topological polar surface area (TPSA) is 42.7 Å². The summed E-state index contributed by atoms with van der Waals surface area (Å²) in [6.07, 6.45) is 6.00. The molecule has 1 heterocycles. The molecule has 86 valence electrons. The van der Waals surface area contributed by atoms with Crippen molar-refractivity contribution in [2.24, 2.45) is 0 Å². The number of aryl methyl sites for hydroxylation is 1. The lowest BCUT2D eigenvalue weighted by Crippen LogP contribution is -2.18. The fourth-order valence-corrected chi connectivity index (χ4v) is 1.92. The summed E-state index contributed by atoms with van der Waals surface area (Å²) in [6.45, 7) is 5.36. The van der Waals surface area contributed by atoms with E-state index in [1.807, 2.05) is 22.6 Å². The summed E-state index contributed by atoms with van der Waals surface area (Å²) in [6, 6.07) is 0. The summed E-state index contributed by atoms with van der Waals surface area (Å²) in [5.41, 5.74) is 0. The Kier molecular flexibility index (Phi) is 7.29. The molecule has 0 radical (unpaired) electrons. The van der Waals surface area contributed by atoms with Crippen molar-refractivity contribution >= 4 is 11.8 Å². The van der Waals surface area contributed by atoms with E-state index in [0.717, 1.165) is 26.1 Å². The quantitative estimate of drug-likeness (QED) is 0.649. The van der Waals surface area contributed by atoms with Gasteiger partial charge in [-0.15, -0.1) is 5.10 Å². The second-order valence-corrected chi connectivity index (χ2v) is 4.71. The molecule has 0 saturated carbocycles. The van der Waals surface area contributed by atoms with Gasteiger partial charge in [0.1, 0.15) is 0 Å². The molecule has 0 aliphatic rings. The first-order valence-electron chi connectivity index (χ1n) is 5.56. The van der Waals surface area contributed by atoms with Crippen molar-refractivity contribution < 1.29 is 0 Å². The van der Waals surface area contributed by atoms with Crippen molar-refractivity contribution in [2.75, 3.05) is 24.6 Å². The molecule has 0 bridgehead atoms.